The van der Waals surface area contributed by atoms with Crippen molar-refractivity contribution in [3.63, 3.8) is 0 Å². The van der Waals surface area contributed by atoms with Crippen LogP contribution in [0.4, 0.5) is 0 Å². The molecule has 33 heavy (non-hydrogen) atoms. The molecule has 0 aliphatic heterocycles. The highest BCUT2D eigenvalue weighted by Crippen LogP contribution is 2.44. The van der Waals surface area contributed by atoms with E-state index in [-0.39, 0.29) is 17.2 Å². The Kier molecular flexibility index (Phi) is 5.37. The zero-order valence-corrected chi connectivity index (χ0v) is 20.3. The Bertz CT molecular complexity index is 1480. The molecular formula is C25H26N4O2S2. The van der Waals surface area contributed by atoms with Gasteiger partial charge in [0, 0.05) is 24.1 Å². The van der Waals surface area contributed by atoms with Gasteiger partial charge in [0.1, 0.15) is 10.5 Å². The van der Waals surface area contributed by atoms with E-state index in [1.165, 1.54) is 36.6 Å². The third-order valence-electron chi connectivity index (χ3n) is 6.80. The maximum absolute atomic E-state index is 13.8. The molecule has 0 radical (unpaired) electrons. The molecule has 6 rings (SSSR count). The number of hydrogen-bond donors (Lipinski definition) is 0. The number of aryl methyl sites for hydroxylation is 1. The average Bonchev–Trinajstić information content (AvgIpc) is 3.58. The smallest absolute Gasteiger partial charge is 0.263 e. The van der Waals surface area contributed by atoms with Crippen molar-refractivity contribution in [2.75, 3.05) is 0 Å². The molecule has 0 atom stereocenters. The first-order chi connectivity index (χ1) is 16.1. The molecule has 0 spiro atoms. The van der Waals surface area contributed by atoms with Gasteiger partial charge >= 0.3 is 0 Å². The van der Waals surface area contributed by atoms with E-state index in [2.05, 4.69) is 10.4 Å². The monoisotopic (exact) mass is 478 g/mol. The molecule has 0 unspecified atom stereocenters. The van der Waals surface area contributed by atoms with E-state index >= 15 is 0 Å². The first-order valence-corrected chi connectivity index (χ1v) is 13.6. The highest BCUT2D eigenvalue weighted by Gasteiger charge is 2.30. The van der Waals surface area contributed by atoms with Gasteiger partial charge in [0.15, 0.2) is 5.16 Å². The van der Waals surface area contributed by atoms with Crippen LogP contribution in [0.2, 0.25) is 0 Å². The quantitative estimate of drug-likeness (QED) is 0.282. The van der Waals surface area contributed by atoms with Crippen LogP contribution < -0.4 is 11.1 Å². The number of thioether (sulfide) groups is 1. The summed E-state index contributed by atoms with van der Waals surface area (Å²) in [6, 6.07) is 5.63. The van der Waals surface area contributed by atoms with Crippen LogP contribution in [0.25, 0.3) is 15.9 Å². The largest absolute Gasteiger partial charge is 0.284 e. The molecule has 0 bridgehead atoms. The van der Waals surface area contributed by atoms with Crippen LogP contribution in [0.1, 0.15) is 73.7 Å². The van der Waals surface area contributed by atoms with Gasteiger partial charge in [-0.2, -0.15) is 0 Å². The molecule has 2 aliphatic carbocycles. The second kappa shape index (κ2) is 8.40. The molecule has 6 nitrogen and oxygen atoms in total. The Balaban J connectivity index is 1.40. The van der Waals surface area contributed by atoms with E-state index in [0.717, 1.165) is 46.6 Å². The van der Waals surface area contributed by atoms with Crippen molar-refractivity contribution in [1.29, 1.82) is 0 Å². The predicted octanol–water partition coefficient (Wildman–Crippen LogP) is 5.45. The fraction of sp³-hybridized carbons (Fsp3) is 0.440. The molecule has 4 aromatic rings. The van der Waals surface area contributed by atoms with Gasteiger partial charge in [-0.3, -0.25) is 18.6 Å². The summed E-state index contributed by atoms with van der Waals surface area (Å²) >= 11 is 3.11. The van der Waals surface area contributed by atoms with Crippen LogP contribution in [-0.2, 0) is 5.75 Å². The Morgan fingerprint density at radius 2 is 1.91 bits per heavy atom. The van der Waals surface area contributed by atoms with Crippen molar-refractivity contribution < 1.29 is 0 Å². The van der Waals surface area contributed by atoms with Crippen molar-refractivity contribution in [3.8, 4) is 0 Å². The molecule has 4 aromatic heterocycles. The van der Waals surface area contributed by atoms with Crippen molar-refractivity contribution in [3.05, 3.63) is 67.3 Å². The Hall–Kier alpha value is -2.45. The summed E-state index contributed by atoms with van der Waals surface area (Å²) in [5.41, 5.74) is 3.61. The van der Waals surface area contributed by atoms with Crippen molar-refractivity contribution in [2.45, 2.75) is 74.7 Å². The predicted molar refractivity (Wildman–Crippen MR) is 134 cm³/mol. The first kappa shape index (κ1) is 21.1. The van der Waals surface area contributed by atoms with Crippen LogP contribution in [0, 0.1) is 6.92 Å². The minimum atomic E-state index is -0.0836. The van der Waals surface area contributed by atoms with Crippen LogP contribution in [0.3, 0.4) is 0 Å². The maximum Gasteiger partial charge on any atom is 0.263 e. The maximum atomic E-state index is 13.8. The van der Waals surface area contributed by atoms with E-state index in [1.807, 2.05) is 29.8 Å². The van der Waals surface area contributed by atoms with Gasteiger partial charge in [0.05, 0.1) is 11.1 Å². The van der Waals surface area contributed by atoms with Crippen molar-refractivity contribution in [1.82, 2.24) is 18.9 Å². The Morgan fingerprint density at radius 3 is 2.70 bits per heavy atom. The number of rotatable bonds is 5. The van der Waals surface area contributed by atoms with E-state index in [0.29, 0.717) is 23.0 Å². The molecule has 8 heteroatoms. The molecular weight excluding hydrogens is 452 g/mol. The van der Waals surface area contributed by atoms with E-state index in [4.69, 9.17) is 4.98 Å². The molecule has 0 N–H and O–H groups in total. The summed E-state index contributed by atoms with van der Waals surface area (Å²) in [6.45, 7) is 1.96. The van der Waals surface area contributed by atoms with Gasteiger partial charge in [-0.05, 0) is 61.1 Å². The molecule has 0 aromatic carbocycles. The molecule has 0 amide bonds. The van der Waals surface area contributed by atoms with Gasteiger partial charge in [-0.15, -0.1) is 11.3 Å². The van der Waals surface area contributed by atoms with Gasteiger partial charge in [-0.25, -0.2) is 9.97 Å². The van der Waals surface area contributed by atoms with Crippen LogP contribution in [-0.4, -0.2) is 18.9 Å². The zero-order chi connectivity index (χ0) is 22.5. The Morgan fingerprint density at radius 1 is 1.09 bits per heavy atom. The number of thiophene rings is 1. The van der Waals surface area contributed by atoms with E-state index in [1.54, 1.807) is 21.8 Å². The number of aromatic nitrogens is 4. The third-order valence-corrected chi connectivity index (χ3v) is 8.68. The number of fused-ring (bicyclic) bond motifs is 2. The van der Waals surface area contributed by atoms with Crippen LogP contribution in [0.15, 0.2) is 44.5 Å². The lowest BCUT2D eigenvalue weighted by Crippen LogP contribution is -2.29. The average molecular weight is 479 g/mol. The van der Waals surface area contributed by atoms with Gasteiger partial charge in [-0.1, -0.05) is 37.1 Å². The minimum Gasteiger partial charge on any atom is -0.284 e. The molecule has 2 saturated carbocycles. The van der Waals surface area contributed by atoms with Gasteiger partial charge in [0.2, 0.25) is 0 Å². The van der Waals surface area contributed by atoms with Crippen LogP contribution in [0.5, 0.6) is 0 Å². The lowest BCUT2D eigenvalue weighted by atomic mass is 9.95. The lowest BCUT2D eigenvalue weighted by Gasteiger charge is -2.26. The molecule has 4 heterocycles. The summed E-state index contributed by atoms with van der Waals surface area (Å²) < 4.78 is 3.55. The normalized spacial score (nSPS) is 17.2. The second-order valence-corrected chi connectivity index (χ2v) is 11.1. The fourth-order valence-electron chi connectivity index (χ4n) is 4.93. The summed E-state index contributed by atoms with van der Waals surface area (Å²) in [5.74, 6) is 1.04. The van der Waals surface area contributed by atoms with E-state index < -0.39 is 0 Å². The van der Waals surface area contributed by atoms with Crippen molar-refractivity contribution >= 4 is 39.0 Å². The topological polar surface area (TPSA) is 69.3 Å². The van der Waals surface area contributed by atoms with E-state index in [9.17, 15) is 9.59 Å². The van der Waals surface area contributed by atoms with Crippen molar-refractivity contribution in [2.24, 2.45) is 0 Å². The lowest BCUT2D eigenvalue weighted by molar-refractivity contribution is 0.326. The number of hydrogen-bond acceptors (Lipinski definition) is 6. The standard InChI is InChI=1S/C25H26N4O2S2/c1-15-7-10-20-26-17(11-21(30)28(20)12-15)13-33-25-27-23-22(19(14-32-23)16-8-9-16)24(31)29(25)18-5-3-2-4-6-18/h7,10-12,14,16,18H,2-6,8-9,13H2,1H3. The number of nitrogens with zero attached hydrogens (tertiary/aromatic N) is 4. The molecule has 2 aliphatic rings. The molecule has 170 valence electrons. The first-order valence-electron chi connectivity index (χ1n) is 11.7. The summed E-state index contributed by atoms with van der Waals surface area (Å²) in [4.78, 5) is 36.9. The summed E-state index contributed by atoms with van der Waals surface area (Å²) in [7, 11) is 0. The number of pyridine rings is 1. The molecule has 2 fully saturated rings. The third kappa shape index (κ3) is 3.93. The van der Waals surface area contributed by atoms with Gasteiger partial charge < -0.3 is 0 Å². The molecule has 0 saturated heterocycles. The Labute approximate surface area is 199 Å². The fourth-order valence-corrected chi connectivity index (χ4v) is 6.95. The summed E-state index contributed by atoms with van der Waals surface area (Å²) in [5, 5.41) is 3.74. The summed E-state index contributed by atoms with van der Waals surface area (Å²) in [6.07, 6.45) is 9.76. The zero-order valence-electron chi connectivity index (χ0n) is 18.6. The SMILES string of the molecule is Cc1ccc2nc(CSc3nc4scc(C5CC5)c4c(=O)n3C3CCCCC3)cc(=O)n2c1. The second-order valence-electron chi connectivity index (χ2n) is 9.32. The highest BCUT2D eigenvalue weighted by atomic mass is 32.2. The highest BCUT2D eigenvalue weighted by molar-refractivity contribution is 7.98. The van der Waals surface area contributed by atoms with Crippen LogP contribution >= 0.6 is 23.1 Å². The minimum absolute atomic E-state index is 0.0836. The van der Waals surface area contributed by atoms with Gasteiger partial charge in [0.25, 0.3) is 11.1 Å².